The number of benzene rings is 1. The number of hydrogen-bond donors (Lipinski definition) is 1. The summed E-state index contributed by atoms with van der Waals surface area (Å²) in [5.41, 5.74) is -1.02. The zero-order valence-electron chi connectivity index (χ0n) is 12.9. The Balaban J connectivity index is 1.94. The summed E-state index contributed by atoms with van der Waals surface area (Å²) in [6, 6.07) is 3.10. The SMILES string of the molecule is CC(CCn1cncn1)(C(O)c1ccc(F)cc1F)n1cncn1. The molecule has 0 spiro atoms. The van der Waals surface area contributed by atoms with E-state index in [0.29, 0.717) is 13.0 Å². The predicted octanol–water partition coefficient (Wildman–Crippen LogP) is 1.69. The van der Waals surface area contributed by atoms with E-state index >= 15 is 0 Å². The predicted molar refractivity (Wildman–Crippen MR) is 79.6 cm³/mol. The summed E-state index contributed by atoms with van der Waals surface area (Å²) in [6.07, 6.45) is 4.85. The highest BCUT2D eigenvalue weighted by Crippen LogP contribution is 2.36. The van der Waals surface area contributed by atoms with Gasteiger partial charge in [-0.2, -0.15) is 10.2 Å². The summed E-state index contributed by atoms with van der Waals surface area (Å²) in [5.74, 6) is -1.51. The third kappa shape index (κ3) is 3.02. The third-order valence-electron chi connectivity index (χ3n) is 4.10. The van der Waals surface area contributed by atoms with Gasteiger partial charge in [-0.25, -0.2) is 23.4 Å². The zero-order chi connectivity index (χ0) is 17.2. The maximum atomic E-state index is 14.1. The van der Waals surface area contributed by atoms with Crippen molar-refractivity contribution < 1.29 is 13.9 Å². The molecule has 126 valence electrons. The van der Waals surface area contributed by atoms with Crippen LogP contribution >= 0.6 is 0 Å². The standard InChI is InChI=1S/C15H16F2N6O/c1-15(23-10-19-8-21-23,4-5-22-9-18-7-20-22)14(24)12-3-2-11(16)6-13(12)17/h2-3,6-10,14,24H,4-5H2,1H3. The van der Waals surface area contributed by atoms with E-state index in [1.807, 2.05) is 0 Å². The molecular formula is C15H16F2N6O. The Bertz CT molecular complexity index is 792. The number of aromatic nitrogens is 6. The normalized spacial score (nSPS) is 15.2. The number of hydrogen-bond acceptors (Lipinski definition) is 5. The van der Waals surface area contributed by atoms with Crippen molar-refractivity contribution in [1.82, 2.24) is 29.5 Å². The van der Waals surface area contributed by atoms with Gasteiger partial charge in [-0.1, -0.05) is 6.07 Å². The average molecular weight is 334 g/mol. The van der Waals surface area contributed by atoms with Crippen molar-refractivity contribution in [2.75, 3.05) is 0 Å². The minimum atomic E-state index is -1.26. The molecule has 7 nitrogen and oxygen atoms in total. The van der Waals surface area contributed by atoms with Crippen molar-refractivity contribution >= 4 is 0 Å². The Labute approximate surface area is 136 Å². The van der Waals surface area contributed by atoms with E-state index in [9.17, 15) is 13.9 Å². The highest BCUT2D eigenvalue weighted by atomic mass is 19.1. The minimum Gasteiger partial charge on any atom is -0.386 e. The van der Waals surface area contributed by atoms with Crippen LogP contribution in [0, 0.1) is 11.6 Å². The van der Waals surface area contributed by atoms with Gasteiger partial charge in [-0.05, 0) is 19.4 Å². The Morgan fingerprint density at radius 3 is 2.54 bits per heavy atom. The van der Waals surface area contributed by atoms with Gasteiger partial charge in [0.15, 0.2) is 0 Å². The fraction of sp³-hybridized carbons (Fsp3) is 0.333. The molecule has 0 radical (unpaired) electrons. The quantitative estimate of drug-likeness (QED) is 0.742. The highest BCUT2D eigenvalue weighted by Gasteiger charge is 2.38. The Morgan fingerprint density at radius 2 is 1.92 bits per heavy atom. The van der Waals surface area contributed by atoms with Crippen molar-refractivity contribution in [2.24, 2.45) is 0 Å². The summed E-state index contributed by atoms with van der Waals surface area (Å²) < 4.78 is 30.3. The molecule has 0 fully saturated rings. The van der Waals surface area contributed by atoms with Crippen LogP contribution in [0.25, 0.3) is 0 Å². The number of halogens is 2. The van der Waals surface area contributed by atoms with Gasteiger partial charge in [0.2, 0.25) is 0 Å². The van der Waals surface area contributed by atoms with Crippen molar-refractivity contribution in [1.29, 1.82) is 0 Å². The molecule has 2 heterocycles. The molecular weight excluding hydrogens is 318 g/mol. The molecule has 3 aromatic rings. The van der Waals surface area contributed by atoms with Crippen molar-refractivity contribution in [3.05, 3.63) is 60.7 Å². The molecule has 24 heavy (non-hydrogen) atoms. The van der Waals surface area contributed by atoms with E-state index in [4.69, 9.17) is 0 Å². The summed E-state index contributed by atoms with van der Waals surface area (Å²) in [6.45, 7) is 2.16. The first-order valence-corrected chi connectivity index (χ1v) is 7.31. The molecule has 2 aromatic heterocycles. The van der Waals surface area contributed by atoms with E-state index < -0.39 is 23.3 Å². The molecule has 0 aliphatic heterocycles. The van der Waals surface area contributed by atoms with Crippen LogP contribution in [0.4, 0.5) is 8.78 Å². The second-order valence-corrected chi connectivity index (χ2v) is 5.67. The van der Waals surface area contributed by atoms with Crippen molar-refractivity contribution in [3.8, 4) is 0 Å². The van der Waals surface area contributed by atoms with Crippen LogP contribution in [0.3, 0.4) is 0 Å². The third-order valence-corrected chi connectivity index (χ3v) is 4.10. The van der Waals surface area contributed by atoms with Gasteiger partial charge >= 0.3 is 0 Å². The molecule has 2 atom stereocenters. The van der Waals surface area contributed by atoms with E-state index in [-0.39, 0.29) is 5.56 Å². The van der Waals surface area contributed by atoms with Crippen LogP contribution in [-0.4, -0.2) is 34.6 Å². The number of aliphatic hydroxyl groups is 1. The number of nitrogens with zero attached hydrogens (tertiary/aromatic N) is 6. The van der Waals surface area contributed by atoms with Gasteiger partial charge in [0.25, 0.3) is 0 Å². The van der Waals surface area contributed by atoms with Crippen molar-refractivity contribution in [3.63, 3.8) is 0 Å². The molecule has 0 aliphatic carbocycles. The fourth-order valence-electron chi connectivity index (χ4n) is 2.60. The lowest BCUT2D eigenvalue weighted by Crippen LogP contribution is -2.39. The van der Waals surface area contributed by atoms with Crippen LogP contribution in [0.2, 0.25) is 0 Å². The average Bonchev–Trinajstić information content (AvgIpc) is 3.25. The van der Waals surface area contributed by atoms with E-state index in [2.05, 4.69) is 20.2 Å². The molecule has 0 aliphatic rings. The number of aryl methyl sites for hydroxylation is 1. The van der Waals surface area contributed by atoms with Gasteiger partial charge < -0.3 is 5.11 Å². The first-order chi connectivity index (χ1) is 11.5. The summed E-state index contributed by atoms with van der Waals surface area (Å²) in [7, 11) is 0. The molecule has 0 bridgehead atoms. The van der Waals surface area contributed by atoms with E-state index in [1.54, 1.807) is 17.9 Å². The lowest BCUT2D eigenvalue weighted by Gasteiger charge is -2.35. The van der Waals surface area contributed by atoms with Gasteiger partial charge in [-0.15, -0.1) is 0 Å². The van der Waals surface area contributed by atoms with Crippen molar-refractivity contribution in [2.45, 2.75) is 31.5 Å². The van der Waals surface area contributed by atoms with E-state index in [1.165, 1.54) is 29.7 Å². The smallest absolute Gasteiger partial charge is 0.137 e. The van der Waals surface area contributed by atoms with Crippen LogP contribution < -0.4 is 0 Å². The molecule has 0 saturated heterocycles. The first-order valence-electron chi connectivity index (χ1n) is 7.31. The maximum absolute atomic E-state index is 14.1. The summed E-state index contributed by atoms with van der Waals surface area (Å²) >= 11 is 0. The van der Waals surface area contributed by atoms with Crippen LogP contribution in [0.15, 0.2) is 43.5 Å². The van der Waals surface area contributed by atoms with Crippen LogP contribution in [-0.2, 0) is 12.1 Å². The van der Waals surface area contributed by atoms with Crippen LogP contribution in [0.5, 0.6) is 0 Å². The zero-order valence-corrected chi connectivity index (χ0v) is 12.9. The first kappa shape index (κ1) is 16.2. The Kier molecular flexibility index (Phi) is 4.34. The second kappa shape index (κ2) is 6.44. The summed E-state index contributed by atoms with van der Waals surface area (Å²) in [5, 5.41) is 18.9. The van der Waals surface area contributed by atoms with Gasteiger partial charge in [0.05, 0.1) is 5.54 Å². The Morgan fingerprint density at radius 1 is 1.17 bits per heavy atom. The van der Waals surface area contributed by atoms with E-state index in [0.717, 1.165) is 12.1 Å². The van der Waals surface area contributed by atoms with Gasteiger partial charge in [0, 0.05) is 18.2 Å². The molecule has 1 N–H and O–H groups in total. The molecule has 0 saturated carbocycles. The fourth-order valence-corrected chi connectivity index (χ4v) is 2.60. The number of aliphatic hydroxyl groups excluding tert-OH is 1. The highest BCUT2D eigenvalue weighted by molar-refractivity contribution is 5.23. The largest absolute Gasteiger partial charge is 0.386 e. The topological polar surface area (TPSA) is 81.6 Å². The lowest BCUT2D eigenvalue weighted by molar-refractivity contribution is 0.0225. The van der Waals surface area contributed by atoms with Gasteiger partial charge in [0.1, 0.15) is 43.0 Å². The van der Waals surface area contributed by atoms with Gasteiger partial charge in [-0.3, -0.25) is 4.68 Å². The number of rotatable bonds is 6. The molecule has 1 aromatic carbocycles. The monoisotopic (exact) mass is 334 g/mol. The molecule has 2 unspecified atom stereocenters. The molecule has 9 heteroatoms. The molecule has 3 rings (SSSR count). The van der Waals surface area contributed by atoms with Crippen LogP contribution in [0.1, 0.15) is 25.0 Å². The Hall–Kier alpha value is -2.68. The molecule has 0 amide bonds. The summed E-state index contributed by atoms with van der Waals surface area (Å²) in [4.78, 5) is 7.76. The minimum absolute atomic E-state index is 0.00649. The second-order valence-electron chi connectivity index (χ2n) is 5.67. The maximum Gasteiger partial charge on any atom is 0.137 e. The lowest BCUT2D eigenvalue weighted by atomic mass is 9.86.